The third kappa shape index (κ3) is 5.50. The molecule has 4 nitrogen and oxygen atoms in total. The second-order valence-corrected chi connectivity index (χ2v) is 7.55. The molecule has 1 N–H and O–H groups in total. The van der Waals surface area contributed by atoms with Gasteiger partial charge in [-0.2, -0.15) is 0 Å². The number of ether oxygens (including phenoxy) is 1. The Labute approximate surface area is 144 Å². The van der Waals surface area contributed by atoms with Crippen LogP contribution in [-0.4, -0.2) is 51.3 Å². The summed E-state index contributed by atoms with van der Waals surface area (Å²) in [6.45, 7) is 5.81. The van der Waals surface area contributed by atoms with Crippen LogP contribution >= 0.6 is 11.3 Å². The summed E-state index contributed by atoms with van der Waals surface area (Å²) in [4.78, 5) is 8.63. The fraction of sp³-hybridized carbons (Fsp3) is 0.722. The first kappa shape index (κ1) is 18.3. The van der Waals surface area contributed by atoms with E-state index in [1.807, 2.05) is 11.3 Å². The molecule has 1 saturated carbocycles. The first-order valence-corrected chi connectivity index (χ1v) is 9.58. The lowest BCUT2D eigenvalue weighted by atomic mass is 9.67. The van der Waals surface area contributed by atoms with Gasteiger partial charge in [0, 0.05) is 45.3 Å². The summed E-state index contributed by atoms with van der Waals surface area (Å²) in [6.07, 6.45) is 6.12. The number of thiophene rings is 1. The summed E-state index contributed by atoms with van der Waals surface area (Å²) in [5, 5.41) is 5.58. The maximum atomic E-state index is 5.28. The van der Waals surface area contributed by atoms with Crippen LogP contribution in [0.5, 0.6) is 0 Å². The van der Waals surface area contributed by atoms with Gasteiger partial charge in [-0.05, 0) is 49.5 Å². The van der Waals surface area contributed by atoms with Gasteiger partial charge in [0.1, 0.15) is 0 Å². The Bertz CT molecular complexity index is 469. The highest BCUT2D eigenvalue weighted by Gasteiger charge is 2.36. The second-order valence-electron chi connectivity index (χ2n) is 6.52. The molecule has 23 heavy (non-hydrogen) atoms. The Morgan fingerprint density at radius 2 is 2.30 bits per heavy atom. The van der Waals surface area contributed by atoms with Gasteiger partial charge in [0.15, 0.2) is 5.96 Å². The zero-order chi connectivity index (χ0) is 16.5. The molecule has 1 aliphatic rings. The van der Waals surface area contributed by atoms with Gasteiger partial charge in [0.2, 0.25) is 0 Å². The van der Waals surface area contributed by atoms with Gasteiger partial charge in [-0.15, -0.1) is 11.3 Å². The summed E-state index contributed by atoms with van der Waals surface area (Å²) in [6, 6.07) is 4.33. The van der Waals surface area contributed by atoms with Crippen LogP contribution in [0.4, 0.5) is 0 Å². The number of hydrogen-bond donors (Lipinski definition) is 1. The van der Waals surface area contributed by atoms with Crippen molar-refractivity contribution in [3.05, 3.63) is 22.4 Å². The van der Waals surface area contributed by atoms with Gasteiger partial charge in [-0.1, -0.05) is 12.5 Å². The van der Waals surface area contributed by atoms with Crippen LogP contribution in [0, 0.1) is 5.41 Å². The fourth-order valence-corrected chi connectivity index (χ4v) is 3.73. The van der Waals surface area contributed by atoms with E-state index in [9.17, 15) is 0 Å². The summed E-state index contributed by atoms with van der Waals surface area (Å²) in [7, 11) is 3.93. The lowest BCUT2D eigenvalue weighted by Gasteiger charge is -2.41. The Morgan fingerprint density at radius 1 is 1.48 bits per heavy atom. The minimum Gasteiger partial charge on any atom is -0.385 e. The fourth-order valence-electron chi connectivity index (χ4n) is 3.03. The molecule has 1 aromatic heterocycles. The van der Waals surface area contributed by atoms with Crippen LogP contribution in [0.1, 0.15) is 37.5 Å². The van der Waals surface area contributed by atoms with E-state index in [0.29, 0.717) is 5.41 Å². The van der Waals surface area contributed by atoms with Gasteiger partial charge < -0.3 is 15.0 Å². The normalized spacial score (nSPS) is 16.9. The predicted molar refractivity (Wildman–Crippen MR) is 99.4 cm³/mol. The van der Waals surface area contributed by atoms with Gasteiger partial charge >= 0.3 is 0 Å². The van der Waals surface area contributed by atoms with E-state index in [0.717, 1.165) is 45.0 Å². The summed E-state index contributed by atoms with van der Waals surface area (Å²) in [5.41, 5.74) is 0.380. The molecule has 0 unspecified atom stereocenters. The highest BCUT2D eigenvalue weighted by Crippen LogP contribution is 2.44. The van der Waals surface area contributed by atoms with Crippen molar-refractivity contribution >= 4 is 17.3 Å². The molecule has 1 aliphatic carbocycles. The molecule has 1 heterocycles. The maximum Gasteiger partial charge on any atom is 0.193 e. The van der Waals surface area contributed by atoms with E-state index in [-0.39, 0.29) is 0 Å². The van der Waals surface area contributed by atoms with E-state index >= 15 is 0 Å². The van der Waals surface area contributed by atoms with Crippen LogP contribution in [0.2, 0.25) is 0 Å². The smallest absolute Gasteiger partial charge is 0.193 e. The Balaban J connectivity index is 1.90. The van der Waals surface area contributed by atoms with Gasteiger partial charge in [0.05, 0.1) is 0 Å². The summed E-state index contributed by atoms with van der Waals surface area (Å²) in [5.74, 6) is 1.03. The average molecular weight is 338 g/mol. The highest BCUT2D eigenvalue weighted by atomic mass is 32.1. The molecule has 0 bridgehead atoms. The van der Waals surface area contributed by atoms with Crippen molar-refractivity contribution in [3.8, 4) is 0 Å². The molecule has 1 fully saturated rings. The summed E-state index contributed by atoms with van der Waals surface area (Å²) >= 11 is 1.83. The van der Waals surface area contributed by atoms with Gasteiger partial charge in [0.25, 0.3) is 0 Å². The van der Waals surface area contributed by atoms with E-state index in [1.165, 1.54) is 24.1 Å². The van der Waals surface area contributed by atoms with Crippen molar-refractivity contribution in [2.24, 2.45) is 10.4 Å². The van der Waals surface area contributed by atoms with E-state index in [2.05, 4.69) is 41.7 Å². The molecule has 130 valence electrons. The lowest BCUT2D eigenvalue weighted by molar-refractivity contribution is 0.0776. The van der Waals surface area contributed by atoms with Crippen LogP contribution in [0.3, 0.4) is 0 Å². The molecule has 0 aliphatic heterocycles. The average Bonchev–Trinajstić information content (AvgIpc) is 3.03. The summed E-state index contributed by atoms with van der Waals surface area (Å²) < 4.78 is 5.28. The first-order valence-electron chi connectivity index (χ1n) is 8.70. The molecule has 0 atom stereocenters. The van der Waals surface area contributed by atoms with Crippen LogP contribution in [-0.2, 0) is 11.2 Å². The van der Waals surface area contributed by atoms with Gasteiger partial charge in [-0.25, -0.2) is 0 Å². The number of guanidine groups is 1. The molecule has 0 radical (unpaired) electrons. The zero-order valence-corrected chi connectivity index (χ0v) is 15.6. The van der Waals surface area contributed by atoms with E-state index in [1.54, 1.807) is 7.11 Å². The third-order valence-electron chi connectivity index (χ3n) is 4.79. The molecule has 5 heteroatoms. The second kappa shape index (κ2) is 9.28. The van der Waals surface area contributed by atoms with Crippen LogP contribution < -0.4 is 5.32 Å². The number of nitrogens with zero attached hydrogens (tertiary/aromatic N) is 2. The number of hydrogen-bond acceptors (Lipinski definition) is 3. The minimum atomic E-state index is 0.380. The molecular weight excluding hydrogens is 306 g/mol. The quantitative estimate of drug-likeness (QED) is 0.554. The van der Waals surface area contributed by atoms with Crippen molar-refractivity contribution in [3.63, 3.8) is 0 Å². The number of rotatable bonds is 9. The molecular formula is C18H31N3OS. The molecule has 1 aromatic rings. The third-order valence-corrected chi connectivity index (χ3v) is 5.72. The van der Waals surface area contributed by atoms with Crippen LogP contribution in [0.25, 0.3) is 0 Å². The van der Waals surface area contributed by atoms with E-state index in [4.69, 9.17) is 9.73 Å². The topological polar surface area (TPSA) is 36.9 Å². The van der Waals surface area contributed by atoms with Crippen molar-refractivity contribution in [1.82, 2.24) is 10.2 Å². The first-order chi connectivity index (χ1) is 11.2. The number of aliphatic imine (C=N–C) groups is 1. The van der Waals surface area contributed by atoms with Crippen molar-refractivity contribution in [1.29, 1.82) is 0 Å². The standard InChI is InChI=1S/C18H31N3OS/c1-4-19-17(21(2)12-8-16-7-5-14-23-16)20-15-18(9-6-10-18)11-13-22-3/h5,7,14H,4,6,8-13,15H2,1-3H3,(H,19,20). The zero-order valence-electron chi connectivity index (χ0n) is 14.8. The Hall–Kier alpha value is -1.07. The lowest BCUT2D eigenvalue weighted by Crippen LogP contribution is -2.42. The Morgan fingerprint density at radius 3 is 2.87 bits per heavy atom. The highest BCUT2D eigenvalue weighted by molar-refractivity contribution is 7.09. The molecule has 0 amide bonds. The molecule has 0 aromatic carbocycles. The molecule has 0 spiro atoms. The van der Waals surface area contributed by atoms with Crippen LogP contribution in [0.15, 0.2) is 22.5 Å². The monoisotopic (exact) mass is 337 g/mol. The number of nitrogens with one attached hydrogen (secondary N) is 1. The van der Waals surface area contributed by atoms with E-state index < -0.39 is 0 Å². The number of methoxy groups -OCH3 is 1. The maximum absolute atomic E-state index is 5.28. The van der Waals surface area contributed by atoms with Crippen molar-refractivity contribution in [2.75, 3.05) is 40.4 Å². The van der Waals surface area contributed by atoms with Crippen molar-refractivity contribution in [2.45, 2.75) is 39.0 Å². The molecule has 0 saturated heterocycles. The minimum absolute atomic E-state index is 0.380. The van der Waals surface area contributed by atoms with Crippen molar-refractivity contribution < 1.29 is 4.74 Å². The Kier molecular flexibility index (Phi) is 7.37. The largest absolute Gasteiger partial charge is 0.385 e. The SMILES string of the molecule is CCNC(=NCC1(CCOC)CCC1)N(C)CCc1cccs1. The van der Waals surface area contributed by atoms with Gasteiger partial charge in [-0.3, -0.25) is 4.99 Å². The number of likely N-dealkylation sites (N-methyl/N-ethyl adjacent to an activating group) is 1. The molecule has 2 rings (SSSR count). The predicted octanol–water partition coefficient (Wildman–Crippen LogP) is 3.39.